The average molecular weight is 213 g/mol. The van der Waals surface area contributed by atoms with E-state index in [-0.39, 0.29) is 5.41 Å². The summed E-state index contributed by atoms with van der Waals surface area (Å²) in [6.45, 7) is 15.8. The minimum absolute atomic E-state index is 0.286. The van der Waals surface area contributed by atoms with Crippen LogP contribution in [0, 0.1) is 5.41 Å². The fourth-order valence-corrected chi connectivity index (χ4v) is 2.80. The van der Waals surface area contributed by atoms with Crippen LogP contribution in [0.1, 0.15) is 48.0 Å². The number of ether oxygens (including phenoxy) is 1. The maximum Gasteiger partial charge on any atom is 0.0707 e. The molecule has 1 aliphatic rings. The lowest BCUT2D eigenvalue weighted by Crippen LogP contribution is -2.52. The van der Waals surface area contributed by atoms with Gasteiger partial charge in [-0.2, -0.15) is 0 Å². The summed E-state index contributed by atoms with van der Waals surface area (Å²) in [5, 5.41) is 0. The first-order chi connectivity index (χ1) is 6.84. The van der Waals surface area contributed by atoms with E-state index >= 15 is 0 Å². The SMILES string of the molecule is CC1OCCCN(C(C)C)[C@H]1C(C)(C)C. The van der Waals surface area contributed by atoms with Gasteiger partial charge in [0, 0.05) is 25.2 Å². The molecule has 0 radical (unpaired) electrons. The molecule has 2 heteroatoms. The third kappa shape index (κ3) is 3.18. The molecule has 2 atom stereocenters. The van der Waals surface area contributed by atoms with E-state index in [0.717, 1.165) is 13.0 Å². The predicted molar refractivity (Wildman–Crippen MR) is 65.1 cm³/mol. The van der Waals surface area contributed by atoms with Crippen molar-refractivity contribution in [3.8, 4) is 0 Å². The molecule has 2 nitrogen and oxygen atoms in total. The first-order valence-electron chi connectivity index (χ1n) is 6.21. The quantitative estimate of drug-likeness (QED) is 0.664. The molecular formula is C13H27NO. The molecule has 1 aliphatic heterocycles. The molecule has 0 bridgehead atoms. The highest BCUT2D eigenvalue weighted by molar-refractivity contribution is 4.90. The predicted octanol–water partition coefficient (Wildman–Crippen LogP) is 2.92. The summed E-state index contributed by atoms with van der Waals surface area (Å²) >= 11 is 0. The Morgan fingerprint density at radius 1 is 1.27 bits per heavy atom. The standard InChI is InChI=1S/C13H27NO/c1-10(2)14-8-7-9-15-11(3)12(14)13(4,5)6/h10-12H,7-9H2,1-6H3/t11?,12-/m1/s1. The Morgan fingerprint density at radius 2 is 1.87 bits per heavy atom. The summed E-state index contributed by atoms with van der Waals surface area (Å²) in [6.07, 6.45) is 1.50. The maximum atomic E-state index is 5.88. The Labute approximate surface area is 95.0 Å². The van der Waals surface area contributed by atoms with Crippen LogP contribution in [0.25, 0.3) is 0 Å². The second-order valence-corrected chi connectivity index (χ2v) is 6.07. The normalized spacial score (nSPS) is 30.6. The lowest BCUT2D eigenvalue weighted by Gasteiger charge is -2.43. The highest BCUT2D eigenvalue weighted by Crippen LogP contribution is 2.31. The van der Waals surface area contributed by atoms with Crippen LogP contribution in [0.15, 0.2) is 0 Å². The van der Waals surface area contributed by atoms with Crippen LogP contribution in [-0.4, -0.2) is 36.2 Å². The van der Waals surface area contributed by atoms with Gasteiger partial charge < -0.3 is 4.74 Å². The molecule has 15 heavy (non-hydrogen) atoms. The number of nitrogens with zero attached hydrogens (tertiary/aromatic N) is 1. The average Bonchev–Trinajstić information content (AvgIpc) is 2.24. The van der Waals surface area contributed by atoms with Crippen LogP contribution in [-0.2, 0) is 4.74 Å². The first-order valence-corrected chi connectivity index (χ1v) is 6.21. The summed E-state index contributed by atoms with van der Waals surface area (Å²) < 4.78 is 5.88. The van der Waals surface area contributed by atoms with Gasteiger partial charge >= 0.3 is 0 Å². The van der Waals surface area contributed by atoms with Gasteiger partial charge in [-0.05, 0) is 32.6 Å². The van der Waals surface area contributed by atoms with Crippen LogP contribution < -0.4 is 0 Å². The van der Waals surface area contributed by atoms with E-state index in [0.29, 0.717) is 18.2 Å². The van der Waals surface area contributed by atoms with Gasteiger partial charge in [-0.25, -0.2) is 0 Å². The van der Waals surface area contributed by atoms with E-state index in [2.05, 4.69) is 46.4 Å². The molecule has 1 saturated heterocycles. The highest BCUT2D eigenvalue weighted by atomic mass is 16.5. The zero-order valence-corrected chi connectivity index (χ0v) is 11.2. The van der Waals surface area contributed by atoms with Gasteiger partial charge in [0.15, 0.2) is 0 Å². The zero-order valence-electron chi connectivity index (χ0n) is 11.2. The summed E-state index contributed by atoms with van der Waals surface area (Å²) in [6, 6.07) is 1.14. The Bertz CT molecular complexity index is 195. The fraction of sp³-hybridized carbons (Fsp3) is 1.00. The minimum atomic E-state index is 0.286. The van der Waals surface area contributed by atoms with Crippen molar-refractivity contribution in [1.82, 2.24) is 4.90 Å². The second-order valence-electron chi connectivity index (χ2n) is 6.07. The molecule has 0 aromatic carbocycles. The smallest absolute Gasteiger partial charge is 0.0707 e. The van der Waals surface area contributed by atoms with Crippen molar-refractivity contribution in [1.29, 1.82) is 0 Å². The highest BCUT2D eigenvalue weighted by Gasteiger charge is 2.37. The summed E-state index contributed by atoms with van der Waals surface area (Å²) in [7, 11) is 0. The zero-order chi connectivity index (χ0) is 11.6. The molecule has 0 amide bonds. The lowest BCUT2D eigenvalue weighted by atomic mass is 9.82. The van der Waals surface area contributed by atoms with Crippen molar-refractivity contribution < 1.29 is 4.74 Å². The Kier molecular flexibility index (Phi) is 4.19. The third-order valence-electron chi connectivity index (χ3n) is 3.29. The van der Waals surface area contributed by atoms with E-state index in [1.807, 2.05) is 0 Å². The number of hydrogen-bond donors (Lipinski definition) is 0. The van der Waals surface area contributed by atoms with Gasteiger partial charge in [0.2, 0.25) is 0 Å². The number of hydrogen-bond acceptors (Lipinski definition) is 2. The molecule has 0 aromatic heterocycles. The third-order valence-corrected chi connectivity index (χ3v) is 3.29. The molecule has 1 heterocycles. The van der Waals surface area contributed by atoms with E-state index in [1.165, 1.54) is 6.54 Å². The van der Waals surface area contributed by atoms with Crippen molar-refractivity contribution in [3.05, 3.63) is 0 Å². The Hall–Kier alpha value is -0.0800. The molecular weight excluding hydrogens is 186 g/mol. The molecule has 0 aliphatic carbocycles. The van der Waals surface area contributed by atoms with Crippen molar-refractivity contribution in [3.63, 3.8) is 0 Å². The van der Waals surface area contributed by atoms with Gasteiger partial charge in [-0.1, -0.05) is 20.8 Å². The van der Waals surface area contributed by atoms with Crippen LogP contribution in [0.5, 0.6) is 0 Å². The van der Waals surface area contributed by atoms with Gasteiger partial charge in [0.25, 0.3) is 0 Å². The Balaban J connectivity index is 2.89. The van der Waals surface area contributed by atoms with Crippen LogP contribution in [0.2, 0.25) is 0 Å². The Morgan fingerprint density at radius 3 is 2.33 bits per heavy atom. The lowest BCUT2D eigenvalue weighted by molar-refractivity contribution is -0.0264. The van der Waals surface area contributed by atoms with E-state index in [9.17, 15) is 0 Å². The molecule has 0 N–H and O–H groups in total. The van der Waals surface area contributed by atoms with E-state index < -0.39 is 0 Å². The van der Waals surface area contributed by atoms with Crippen LogP contribution >= 0.6 is 0 Å². The van der Waals surface area contributed by atoms with Crippen LogP contribution in [0.3, 0.4) is 0 Å². The second kappa shape index (κ2) is 4.84. The maximum absolute atomic E-state index is 5.88. The fourth-order valence-electron chi connectivity index (χ4n) is 2.80. The molecule has 1 fully saturated rings. The van der Waals surface area contributed by atoms with Gasteiger partial charge in [-0.3, -0.25) is 4.90 Å². The summed E-state index contributed by atoms with van der Waals surface area (Å²) in [4.78, 5) is 2.61. The van der Waals surface area contributed by atoms with Crippen molar-refractivity contribution in [2.24, 2.45) is 5.41 Å². The molecule has 0 aromatic rings. The number of rotatable bonds is 1. The van der Waals surface area contributed by atoms with E-state index in [1.54, 1.807) is 0 Å². The summed E-state index contributed by atoms with van der Waals surface area (Å²) in [5.41, 5.74) is 0.286. The van der Waals surface area contributed by atoms with Crippen molar-refractivity contribution in [2.45, 2.75) is 66.2 Å². The van der Waals surface area contributed by atoms with Gasteiger partial charge in [0.05, 0.1) is 6.10 Å². The minimum Gasteiger partial charge on any atom is -0.377 e. The van der Waals surface area contributed by atoms with Gasteiger partial charge in [-0.15, -0.1) is 0 Å². The van der Waals surface area contributed by atoms with E-state index in [4.69, 9.17) is 4.74 Å². The van der Waals surface area contributed by atoms with Gasteiger partial charge in [0.1, 0.15) is 0 Å². The summed E-state index contributed by atoms with van der Waals surface area (Å²) in [5.74, 6) is 0. The first kappa shape index (κ1) is 13.0. The topological polar surface area (TPSA) is 12.5 Å². The van der Waals surface area contributed by atoms with Crippen LogP contribution in [0.4, 0.5) is 0 Å². The molecule has 90 valence electrons. The molecule has 0 spiro atoms. The molecule has 1 unspecified atom stereocenters. The monoisotopic (exact) mass is 213 g/mol. The largest absolute Gasteiger partial charge is 0.377 e. The molecule has 1 rings (SSSR count). The van der Waals surface area contributed by atoms with Crippen molar-refractivity contribution in [2.75, 3.05) is 13.2 Å². The van der Waals surface area contributed by atoms with Crippen molar-refractivity contribution >= 4 is 0 Å². The molecule has 0 saturated carbocycles.